The van der Waals surface area contributed by atoms with Gasteiger partial charge in [-0.3, -0.25) is 10.0 Å². The van der Waals surface area contributed by atoms with Gasteiger partial charge in [0, 0.05) is 36.6 Å². The number of carbonyl (C=O) groups is 1. The molecular formula is C21H21FN2O5S. The number of rotatable bonds is 7. The highest BCUT2D eigenvalue weighted by Crippen LogP contribution is 2.39. The Labute approximate surface area is 173 Å². The quantitative estimate of drug-likeness (QED) is 0.438. The Kier molecular flexibility index (Phi) is 6.35. The molecule has 0 bridgehead atoms. The maximum atomic E-state index is 13.5. The number of halogens is 1. The van der Waals surface area contributed by atoms with Crippen LogP contribution in [0.5, 0.6) is 0 Å². The van der Waals surface area contributed by atoms with E-state index in [9.17, 15) is 22.8 Å². The van der Waals surface area contributed by atoms with Gasteiger partial charge in [-0.25, -0.2) is 23.0 Å². The molecule has 0 radical (unpaired) electrons. The summed E-state index contributed by atoms with van der Waals surface area (Å²) in [4.78, 5) is 11.6. The van der Waals surface area contributed by atoms with Crippen molar-refractivity contribution in [2.45, 2.75) is 24.2 Å². The average molecular weight is 432 g/mol. The Balaban J connectivity index is 2.08. The molecule has 158 valence electrons. The van der Waals surface area contributed by atoms with Crippen molar-refractivity contribution in [3.8, 4) is 22.3 Å². The van der Waals surface area contributed by atoms with Crippen LogP contribution in [0.15, 0.2) is 64.1 Å². The molecule has 3 rings (SSSR count). The summed E-state index contributed by atoms with van der Waals surface area (Å²) in [6.45, 7) is 0. The van der Waals surface area contributed by atoms with Crippen LogP contribution in [0, 0.1) is 5.82 Å². The largest absolute Gasteiger partial charge is 0.468 e. The van der Waals surface area contributed by atoms with Crippen LogP contribution in [0.1, 0.15) is 18.6 Å². The third kappa shape index (κ3) is 4.76. The predicted octanol–water partition coefficient (Wildman–Crippen LogP) is 3.57. The molecule has 0 aliphatic carbocycles. The van der Waals surface area contributed by atoms with Crippen LogP contribution in [-0.4, -0.2) is 31.6 Å². The van der Waals surface area contributed by atoms with Gasteiger partial charge in [0.15, 0.2) is 0 Å². The summed E-state index contributed by atoms with van der Waals surface area (Å²) in [5, 5.41) is 15.1. The topological polar surface area (TPSA) is 114 Å². The maximum absolute atomic E-state index is 13.5. The number of hydrogen-bond acceptors (Lipinski definition) is 5. The van der Waals surface area contributed by atoms with Crippen LogP contribution >= 0.6 is 0 Å². The molecule has 1 aromatic heterocycles. The van der Waals surface area contributed by atoms with Gasteiger partial charge in [-0.2, -0.15) is 0 Å². The van der Waals surface area contributed by atoms with Crippen LogP contribution in [-0.2, 0) is 21.2 Å². The molecule has 9 heteroatoms. The summed E-state index contributed by atoms with van der Waals surface area (Å²) in [5.41, 5.74) is 2.08. The first-order valence-corrected chi connectivity index (χ1v) is 10.7. The van der Waals surface area contributed by atoms with E-state index in [1.807, 2.05) is 0 Å². The number of aryl methyl sites for hydroxylation is 1. The van der Waals surface area contributed by atoms with Crippen molar-refractivity contribution < 1.29 is 27.2 Å². The van der Waals surface area contributed by atoms with Crippen molar-refractivity contribution in [2.75, 3.05) is 7.05 Å². The number of carbonyl (C=O) groups excluding carboxylic acids is 1. The first kappa shape index (κ1) is 21.7. The lowest BCUT2D eigenvalue weighted by Crippen LogP contribution is -2.22. The van der Waals surface area contributed by atoms with E-state index >= 15 is 0 Å². The van der Waals surface area contributed by atoms with Crippen molar-refractivity contribution in [2.24, 2.45) is 5.14 Å². The van der Waals surface area contributed by atoms with Gasteiger partial charge in [-0.15, -0.1) is 0 Å². The molecule has 0 spiro atoms. The number of sulfonamides is 1. The fourth-order valence-corrected chi connectivity index (χ4v) is 3.97. The van der Waals surface area contributed by atoms with E-state index in [-0.39, 0.29) is 11.3 Å². The first-order chi connectivity index (χ1) is 14.2. The van der Waals surface area contributed by atoms with Gasteiger partial charge in [0.2, 0.25) is 15.9 Å². The molecule has 0 aliphatic heterocycles. The van der Waals surface area contributed by atoms with E-state index in [4.69, 9.17) is 9.56 Å². The monoisotopic (exact) mass is 432 g/mol. The smallest absolute Gasteiger partial charge is 0.245 e. The molecule has 30 heavy (non-hydrogen) atoms. The van der Waals surface area contributed by atoms with E-state index in [0.29, 0.717) is 45.9 Å². The Morgan fingerprint density at radius 1 is 1.13 bits per heavy atom. The van der Waals surface area contributed by atoms with Gasteiger partial charge in [0.25, 0.3) is 0 Å². The molecule has 0 unspecified atom stereocenters. The molecule has 3 N–H and O–H groups in total. The van der Waals surface area contributed by atoms with Crippen molar-refractivity contribution in [1.82, 2.24) is 5.06 Å². The van der Waals surface area contributed by atoms with Crippen molar-refractivity contribution in [3.63, 3.8) is 0 Å². The van der Waals surface area contributed by atoms with E-state index in [1.165, 1.54) is 31.5 Å². The molecule has 1 amide bonds. The zero-order valence-electron chi connectivity index (χ0n) is 16.2. The molecule has 2 aromatic carbocycles. The number of benzene rings is 2. The van der Waals surface area contributed by atoms with Crippen LogP contribution in [0.3, 0.4) is 0 Å². The van der Waals surface area contributed by atoms with Crippen molar-refractivity contribution in [1.29, 1.82) is 0 Å². The van der Waals surface area contributed by atoms with Crippen LogP contribution in [0.25, 0.3) is 22.3 Å². The SMILES string of the molecule is CN(O)C(=O)CCCc1occ(-c2ccccc2S(N)(=O)=O)c1-c1ccc(F)cc1. The Morgan fingerprint density at radius 2 is 1.80 bits per heavy atom. The molecule has 7 nitrogen and oxygen atoms in total. The molecule has 1 heterocycles. The van der Waals surface area contributed by atoms with E-state index < -0.39 is 21.7 Å². The third-order valence-electron chi connectivity index (χ3n) is 4.64. The van der Waals surface area contributed by atoms with Gasteiger partial charge in [-0.05, 0) is 30.2 Å². The van der Waals surface area contributed by atoms with Gasteiger partial charge in [-0.1, -0.05) is 30.3 Å². The van der Waals surface area contributed by atoms with Crippen LogP contribution < -0.4 is 5.14 Å². The normalized spacial score (nSPS) is 11.5. The lowest BCUT2D eigenvalue weighted by molar-refractivity contribution is -0.159. The first-order valence-electron chi connectivity index (χ1n) is 9.12. The molecular weight excluding hydrogens is 411 g/mol. The number of amides is 1. The summed E-state index contributed by atoms with van der Waals surface area (Å²) in [6.07, 6.45) is 2.27. The second kappa shape index (κ2) is 8.78. The summed E-state index contributed by atoms with van der Waals surface area (Å²) >= 11 is 0. The van der Waals surface area contributed by atoms with Crippen molar-refractivity contribution >= 4 is 15.9 Å². The molecule has 0 saturated carbocycles. The van der Waals surface area contributed by atoms with Crippen LogP contribution in [0.4, 0.5) is 4.39 Å². The number of nitrogens with two attached hydrogens (primary N) is 1. The summed E-state index contributed by atoms with van der Waals surface area (Å²) in [6, 6.07) is 12.0. The third-order valence-corrected chi connectivity index (χ3v) is 5.61. The highest BCUT2D eigenvalue weighted by atomic mass is 32.2. The van der Waals surface area contributed by atoms with E-state index in [1.54, 1.807) is 30.3 Å². The highest BCUT2D eigenvalue weighted by molar-refractivity contribution is 7.89. The van der Waals surface area contributed by atoms with Gasteiger partial charge in [0.05, 0.1) is 11.2 Å². The molecule has 3 aromatic rings. The van der Waals surface area contributed by atoms with Crippen LogP contribution in [0.2, 0.25) is 0 Å². The maximum Gasteiger partial charge on any atom is 0.245 e. The van der Waals surface area contributed by atoms with Gasteiger partial charge in [0.1, 0.15) is 11.6 Å². The average Bonchev–Trinajstić information content (AvgIpc) is 3.11. The lowest BCUT2D eigenvalue weighted by atomic mass is 9.95. The summed E-state index contributed by atoms with van der Waals surface area (Å²) in [7, 11) is -2.74. The zero-order chi connectivity index (χ0) is 21.9. The van der Waals surface area contributed by atoms with Gasteiger partial charge < -0.3 is 4.42 Å². The number of hydrogen-bond donors (Lipinski definition) is 2. The second-order valence-electron chi connectivity index (χ2n) is 6.77. The van der Waals surface area contributed by atoms with E-state index in [2.05, 4.69) is 0 Å². The number of hydroxylamine groups is 2. The minimum atomic E-state index is -4.00. The van der Waals surface area contributed by atoms with E-state index in [0.717, 1.165) is 0 Å². The van der Waals surface area contributed by atoms with Crippen molar-refractivity contribution in [3.05, 3.63) is 66.4 Å². The summed E-state index contributed by atoms with van der Waals surface area (Å²) < 4.78 is 43.3. The number of primary sulfonamides is 1. The Morgan fingerprint density at radius 3 is 2.43 bits per heavy atom. The Bertz CT molecular complexity index is 1150. The van der Waals surface area contributed by atoms with Gasteiger partial charge >= 0.3 is 0 Å². The molecule has 0 atom stereocenters. The fraction of sp³-hybridized carbons (Fsp3) is 0.190. The highest BCUT2D eigenvalue weighted by Gasteiger charge is 2.22. The number of furan rings is 1. The Hall–Kier alpha value is -3.01. The second-order valence-corrected chi connectivity index (χ2v) is 8.30. The predicted molar refractivity (Wildman–Crippen MR) is 108 cm³/mol. The molecule has 0 saturated heterocycles. The number of nitrogens with zero attached hydrogens (tertiary/aromatic N) is 1. The summed E-state index contributed by atoms with van der Waals surface area (Å²) in [5.74, 6) is -0.342. The lowest BCUT2D eigenvalue weighted by Gasteiger charge is -2.11. The minimum absolute atomic E-state index is 0.0576. The molecule has 0 fully saturated rings. The zero-order valence-corrected chi connectivity index (χ0v) is 17.0. The minimum Gasteiger partial charge on any atom is -0.468 e. The fourth-order valence-electron chi connectivity index (χ4n) is 3.21. The molecule has 0 aliphatic rings. The standard InChI is InChI=1S/C21H21FN2O5S/c1-24(26)20(25)8-4-6-18-21(14-9-11-15(22)12-10-14)17(13-29-18)16-5-2-3-7-19(16)30(23,27)28/h2-3,5,7,9-13,26H,4,6,8H2,1H3,(H2,23,27,28).